The van der Waals surface area contributed by atoms with Gasteiger partial charge in [0.1, 0.15) is 0 Å². The minimum absolute atomic E-state index is 0.0992. The Morgan fingerprint density at radius 3 is 2.53 bits per heavy atom. The first-order valence-corrected chi connectivity index (χ1v) is 5.89. The van der Waals surface area contributed by atoms with Crippen LogP contribution in [0.15, 0.2) is 30.3 Å². The van der Waals surface area contributed by atoms with E-state index in [0.29, 0.717) is 13.0 Å². The van der Waals surface area contributed by atoms with Crippen LogP contribution >= 0.6 is 0 Å². The van der Waals surface area contributed by atoms with E-state index in [0.717, 1.165) is 5.56 Å². The molecule has 4 N–H and O–H groups in total. The SMILES string of the molecule is CCC(CN)C(=O)NC(CO)c1ccccc1. The molecular weight excluding hydrogens is 216 g/mol. The van der Waals surface area contributed by atoms with Crippen LogP contribution in [-0.2, 0) is 4.79 Å². The molecule has 2 atom stereocenters. The van der Waals surface area contributed by atoms with Crippen LogP contribution in [0.2, 0.25) is 0 Å². The average molecular weight is 236 g/mol. The number of aliphatic hydroxyl groups excluding tert-OH is 1. The molecule has 1 amide bonds. The number of nitrogens with one attached hydrogen (secondary N) is 1. The van der Waals surface area contributed by atoms with E-state index >= 15 is 0 Å². The second-order valence-corrected chi connectivity index (χ2v) is 4.00. The van der Waals surface area contributed by atoms with Crippen molar-refractivity contribution in [1.29, 1.82) is 0 Å². The first-order chi connectivity index (χ1) is 8.22. The molecule has 0 radical (unpaired) electrons. The van der Waals surface area contributed by atoms with Crippen LogP contribution in [0.25, 0.3) is 0 Å². The summed E-state index contributed by atoms with van der Waals surface area (Å²) in [6.07, 6.45) is 0.704. The summed E-state index contributed by atoms with van der Waals surface area (Å²) in [5.74, 6) is -0.286. The Kier molecular flexibility index (Phi) is 5.66. The molecule has 94 valence electrons. The highest BCUT2D eigenvalue weighted by Gasteiger charge is 2.19. The minimum atomic E-state index is -0.357. The van der Waals surface area contributed by atoms with Crippen molar-refractivity contribution < 1.29 is 9.90 Å². The normalized spacial score (nSPS) is 14.1. The van der Waals surface area contributed by atoms with E-state index in [2.05, 4.69) is 5.32 Å². The second kappa shape index (κ2) is 7.04. The molecule has 17 heavy (non-hydrogen) atoms. The summed E-state index contributed by atoms with van der Waals surface area (Å²) in [6.45, 7) is 2.14. The first kappa shape index (κ1) is 13.7. The standard InChI is InChI=1S/C13H20N2O2/c1-2-10(8-14)13(17)15-12(9-16)11-6-4-3-5-7-11/h3-7,10,12,16H,2,8-9,14H2,1H3,(H,15,17). The molecule has 0 bridgehead atoms. The molecule has 2 unspecified atom stereocenters. The zero-order valence-electron chi connectivity index (χ0n) is 10.1. The van der Waals surface area contributed by atoms with Crippen molar-refractivity contribution in [2.24, 2.45) is 11.7 Å². The molecule has 1 aromatic carbocycles. The molecule has 0 saturated carbocycles. The van der Waals surface area contributed by atoms with Crippen LogP contribution in [-0.4, -0.2) is 24.2 Å². The number of nitrogens with two attached hydrogens (primary N) is 1. The number of carbonyl (C=O) groups is 1. The number of hydrogen-bond donors (Lipinski definition) is 3. The maximum absolute atomic E-state index is 11.8. The van der Waals surface area contributed by atoms with Crippen molar-refractivity contribution >= 4 is 5.91 Å². The van der Waals surface area contributed by atoms with Crippen molar-refractivity contribution in [3.8, 4) is 0 Å². The van der Waals surface area contributed by atoms with Crippen molar-refractivity contribution in [3.63, 3.8) is 0 Å². The zero-order chi connectivity index (χ0) is 12.7. The second-order valence-electron chi connectivity index (χ2n) is 4.00. The lowest BCUT2D eigenvalue weighted by molar-refractivity contribution is -0.125. The van der Waals surface area contributed by atoms with Crippen LogP contribution in [0.3, 0.4) is 0 Å². The van der Waals surface area contributed by atoms with Gasteiger partial charge in [0, 0.05) is 12.5 Å². The lowest BCUT2D eigenvalue weighted by Gasteiger charge is -2.20. The fourth-order valence-electron chi connectivity index (χ4n) is 1.67. The number of carbonyl (C=O) groups excluding carboxylic acids is 1. The molecule has 1 aromatic rings. The molecule has 1 rings (SSSR count). The van der Waals surface area contributed by atoms with Gasteiger partial charge in [0.25, 0.3) is 0 Å². The van der Waals surface area contributed by atoms with E-state index in [9.17, 15) is 9.90 Å². The molecule has 0 saturated heterocycles. The van der Waals surface area contributed by atoms with Crippen molar-refractivity contribution in [2.45, 2.75) is 19.4 Å². The summed E-state index contributed by atoms with van der Waals surface area (Å²) in [6, 6.07) is 9.06. The molecule has 0 aliphatic rings. The number of amides is 1. The van der Waals surface area contributed by atoms with Gasteiger partial charge in [-0.2, -0.15) is 0 Å². The van der Waals surface area contributed by atoms with Gasteiger partial charge < -0.3 is 16.2 Å². The molecular formula is C13H20N2O2. The lowest BCUT2D eigenvalue weighted by atomic mass is 10.0. The van der Waals surface area contributed by atoms with Crippen LogP contribution in [0.4, 0.5) is 0 Å². The van der Waals surface area contributed by atoms with Crippen molar-refractivity contribution in [1.82, 2.24) is 5.32 Å². The highest BCUT2D eigenvalue weighted by molar-refractivity contribution is 5.79. The Balaban J connectivity index is 2.68. The van der Waals surface area contributed by atoms with E-state index in [-0.39, 0.29) is 24.5 Å². The molecule has 4 heteroatoms. The zero-order valence-corrected chi connectivity index (χ0v) is 10.1. The van der Waals surface area contributed by atoms with Gasteiger partial charge in [0.15, 0.2) is 0 Å². The predicted octanol–water partition coefficient (Wildman–Crippen LogP) is 0.821. The van der Waals surface area contributed by atoms with Crippen LogP contribution in [0.1, 0.15) is 24.9 Å². The summed E-state index contributed by atoms with van der Waals surface area (Å²) in [4.78, 5) is 11.8. The van der Waals surface area contributed by atoms with Crippen LogP contribution in [0.5, 0.6) is 0 Å². The molecule has 4 nitrogen and oxygen atoms in total. The highest BCUT2D eigenvalue weighted by Crippen LogP contribution is 2.13. The monoisotopic (exact) mass is 236 g/mol. The quantitative estimate of drug-likeness (QED) is 0.684. The average Bonchev–Trinajstić information content (AvgIpc) is 2.38. The van der Waals surface area contributed by atoms with Gasteiger partial charge in [0.2, 0.25) is 5.91 Å². The third kappa shape index (κ3) is 3.84. The molecule has 0 aromatic heterocycles. The summed E-state index contributed by atoms with van der Waals surface area (Å²) < 4.78 is 0. The Hall–Kier alpha value is -1.39. The lowest BCUT2D eigenvalue weighted by Crippen LogP contribution is -2.38. The summed E-state index contributed by atoms with van der Waals surface area (Å²) in [5, 5.41) is 12.1. The summed E-state index contributed by atoms with van der Waals surface area (Å²) >= 11 is 0. The van der Waals surface area contributed by atoms with Gasteiger partial charge in [-0.05, 0) is 12.0 Å². The smallest absolute Gasteiger partial charge is 0.224 e. The minimum Gasteiger partial charge on any atom is -0.394 e. The third-order valence-electron chi connectivity index (χ3n) is 2.85. The largest absolute Gasteiger partial charge is 0.394 e. The first-order valence-electron chi connectivity index (χ1n) is 5.89. The summed E-state index contributed by atoms with van der Waals surface area (Å²) in [5.41, 5.74) is 6.42. The van der Waals surface area contributed by atoms with Gasteiger partial charge in [-0.1, -0.05) is 37.3 Å². The Morgan fingerprint density at radius 1 is 1.41 bits per heavy atom. The number of benzene rings is 1. The van der Waals surface area contributed by atoms with Gasteiger partial charge in [-0.3, -0.25) is 4.79 Å². The maximum atomic E-state index is 11.8. The highest BCUT2D eigenvalue weighted by atomic mass is 16.3. The third-order valence-corrected chi connectivity index (χ3v) is 2.85. The molecule has 0 fully saturated rings. The number of rotatable bonds is 6. The van der Waals surface area contributed by atoms with Gasteiger partial charge in [-0.25, -0.2) is 0 Å². The Bertz CT molecular complexity index is 337. The van der Waals surface area contributed by atoms with Gasteiger partial charge in [0.05, 0.1) is 12.6 Å². The van der Waals surface area contributed by atoms with Crippen molar-refractivity contribution in [3.05, 3.63) is 35.9 Å². The van der Waals surface area contributed by atoms with Gasteiger partial charge >= 0.3 is 0 Å². The fraction of sp³-hybridized carbons (Fsp3) is 0.462. The Labute approximate surface area is 102 Å². The maximum Gasteiger partial charge on any atom is 0.224 e. The number of aliphatic hydroxyl groups is 1. The van der Waals surface area contributed by atoms with E-state index in [1.165, 1.54) is 0 Å². The van der Waals surface area contributed by atoms with E-state index in [4.69, 9.17) is 5.73 Å². The topological polar surface area (TPSA) is 75.4 Å². The molecule has 0 spiro atoms. The van der Waals surface area contributed by atoms with Gasteiger partial charge in [-0.15, -0.1) is 0 Å². The van der Waals surface area contributed by atoms with E-state index in [1.54, 1.807) is 0 Å². The Morgan fingerprint density at radius 2 is 2.06 bits per heavy atom. The predicted molar refractivity (Wildman–Crippen MR) is 67.2 cm³/mol. The van der Waals surface area contributed by atoms with E-state index < -0.39 is 0 Å². The number of hydrogen-bond acceptors (Lipinski definition) is 3. The van der Waals surface area contributed by atoms with Crippen LogP contribution in [0, 0.1) is 5.92 Å². The van der Waals surface area contributed by atoms with E-state index in [1.807, 2.05) is 37.3 Å². The molecule has 0 heterocycles. The molecule has 0 aliphatic carbocycles. The fourth-order valence-corrected chi connectivity index (χ4v) is 1.67. The van der Waals surface area contributed by atoms with Crippen molar-refractivity contribution in [2.75, 3.05) is 13.2 Å². The van der Waals surface area contributed by atoms with Crippen LogP contribution < -0.4 is 11.1 Å². The molecule has 0 aliphatic heterocycles. The summed E-state index contributed by atoms with van der Waals surface area (Å²) in [7, 11) is 0.